The van der Waals surface area contributed by atoms with Crippen LogP contribution in [0.1, 0.15) is 57.9 Å². The highest BCUT2D eigenvalue weighted by atomic mass is 19.1. The van der Waals surface area contributed by atoms with Crippen LogP contribution in [0, 0.1) is 5.82 Å². The summed E-state index contributed by atoms with van der Waals surface area (Å²) in [6.45, 7) is 5.92. The number of nitrogens with one attached hydrogen (secondary N) is 1. The van der Waals surface area contributed by atoms with Crippen LogP contribution in [0.3, 0.4) is 0 Å². The molecule has 7 heteroatoms. The summed E-state index contributed by atoms with van der Waals surface area (Å²) in [6.07, 6.45) is 5.65. The molecular weight excluding hydrogens is 397 g/mol. The normalized spacial score (nSPS) is 23.1. The maximum absolute atomic E-state index is 13.4. The lowest BCUT2D eigenvalue weighted by molar-refractivity contribution is -0.147. The van der Waals surface area contributed by atoms with Gasteiger partial charge in [0.2, 0.25) is 5.91 Å². The fourth-order valence-electron chi connectivity index (χ4n) is 4.99. The number of rotatable bonds is 5. The molecule has 1 N–H and O–H groups in total. The molecule has 4 rings (SSSR count). The summed E-state index contributed by atoms with van der Waals surface area (Å²) in [5, 5.41) is 3.07. The van der Waals surface area contributed by atoms with E-state index < -0.39 is 0 Å². The summed E-state index contributed by atoms with van der Waals surface area (Å²) < 4.78 is 19.7. The SMILES string of the molecule is CC(C)NC(=O)N(C1CC1)C1CCOC2(CCN(C(=O)Cc3cccc(F)c3)CC2)C1. The third kappa shape index (κ3) is 5.37. The molecule has 6 nitrogen and oxygen atoms in total. The molecule has 3 fully saturated rings. The zero-order valence-electron chi connectivity index (χ0n) is 18.6. The van der Waals surface area contributed by atoms with Gasteiger partial charge in [0.25, 0.3) is 0 Å². The molecule has 1 unspecified atom stereocenters. The molecule has 1 spiro atoms. The number of hydrogen-bond acceptors (Lipinski definition) is 3. The van der Waals surface area contributed by atoms with Crippen LogP contribution in [0.15, 0.2) is 24.3 Å². The van der Waals surface area contributed by atoms with Gasteiger partial charge in [-0.25, -0.2) is 9.18 Å². The molecule has 3 aliphatic rings. The number of likely N-dealkylation sites (tertiary alicyclic amines) is 1. The largest absolute Gasteiger partial charge is 0.375 e. The first-order chi connectivity index (χ1) is 14.8. The lowest BCUT2D eigenvalue weighted by Gasteiger charge is -2.48. The summed E-state index contributed by atoms with van der Waals surface area (Å²) in [5.41, 5.74) is 0.444. The minimum Gasteiger partial charge on any atom is -0.375 e. The third-order valence-corrected chi connectivity index (χ3v) is 6.72. The van der Waals surface area contributed by atoms with Crippen molar-refractivity contribution in [3.8, 4) is 0 Å². The van der Waals surface area contributed by atoms with Crippen LogP contribution in [-0.4, -0.2) is 65.2 Å². The predicted molar refractivity (Wildman–Crippen MR) is 116 cm³/mol. The fraction of sp³-hybridized carbons (Fsp3) is 0.667. The van der Waals surface area contributed by atoms with Crippen molar-refractivity contribution in [2.45, 2.75) is 82.5 Å². The maximum atomic E-state index is 13.4. The van der Waals surface area contributed by atoms with Crippen LogP contribution < -0.4 is 5.32 Å². The van der Waals surface area contributed by atoms with E-state index in [-0.39, 0.29) is 41.9 Å². The first kappa shape index (κ1) is 22.1. The van der Waals surface area contributed by atoms with Gasteiger partial charge in [-0.1, -0.05) is 12.1 Å². The summed E-state index contributed by atoms with van der Waals surface area (Å²) in [7, 11) is 0. The first-order valence-corrected chi connectivity index (χ1v) is 11.6. The second kappa shape index (κ2) is 9.15. The van der Waals surface area contributed by atoms with Gasteiger partial charge in [-0.15, -0.1) is 0 Å². The van der Waals surface area contributed by atoms with Crippen LogP contribution in [0.2, 0.25) is 0 Å². The molecule has 1 aliphatic carbocycles. The summed E-state index contributed by atoms with van der Waals surface area (Å²) in [4.78, 5) is 29.5. The van der Waals surface area contributed by atoms with E-state index in [4.69, 9.17) is 4.74 Å². The standard InChI is InChI=1S/C24H34FN3O3/c1-17(2)26-23(30)28(20-6-7-20)21-8-13-31-24(16-21)9-11-27(12-10-24)22(29)15-18-4-3-5-19(25)14-18/h3-5,14,17,20-21H,6-13,15-16H2,1-2H3,(H,26,30). The van der Waals surface area contributed by atoms with E-state index in [1.807, 2.05) is 18.7 Å². The fourth-order valence-corrected chi connectivity index (χ4v) is 4.99. The Bertz CT molecular complexity index is 803. The smallest absolute Gasteiger partial charge is 0.318 e. The average Bonchev–Trinajstić information content (AvgIpc) is 3.53. The Hall–Kier alpha value is -2.15. The van der Waals surface area contributed by atoms with Gasteiger partial charge < -0.3 is 19.9 Å². The van der Waals surface area contributed by atoms with Crippen molar-refractivity contribution < 1.29 is 18.7 Å². The van der Waals surface area contributed by atoms with Crippen LogP contribution >= 0.6 is 0 Å². The molecule has 1 aromatic rings. The zero-order chi connectivity index (χ0) is 22.0. The zero-order valence-corrected chi connectivity index (χ0v) is 18.6. The highest BCUT2D eigenvalue weighted by Crippen LogP contribution is 2.40. The quantitative estimate of drug-likeness (QED) is 0.776. The predicted octanol–water partition coefficient (Wildman–Crippen LogP) is 3.49. The molecule has 1 atom stereocenters. The van der Waals surface area contributed by atoms with Gasteiger partial charge in [-0.05, 0) is 70.1 Å². The highest BCUT2D eigenvalue weighted by molar-refractivity contribution is 5.79. The van der Waals surface area contributed by atoms with E-state index >= 15 is 0 Å². The number of nitrogens with zero attached hydrogens (tertiary/aromatic N) is 2. The van der Waals surface area contributed by atoms with E-state index in [2.05, 4.69) is 10.2 Å². The van der Waals surface area contributed by atoms with E-state index in [0.717, 1.165) is 38.5 Å². The van der Waals surface area contributed by atoms with Crippen molar-refractivity contribution in [3.63, 3.8) is 0 Å². The molecule has 1 saturated carbocycles. The summed E-state index contributed by atoms with van der Waals surface area (Å²) in [6, 6.07) is 6.95. The lowest BCUT2D eigenvalue weighted by Crippen LogP contribution is -2.57. The van der Waals surface area contributed by atoms with Crippen LogP contribution in [0.4, 0.5) is 9.18 Å². The topological polar surface area (TPSA) is 61.9 Å². The van der Waals surface area contributed by atoms with Crippen molar-refractivity contribution in [2.24, 2.45) is 0 Å². The number of amides is 3. The van der Waals surface area contributed by atoms with Gasteiger partial charge in [0, 0.05) is 37.8 Å². The maximum Gasteiger partial charge on any atom is 0.318 e. The second-order valence-electron chi connectivity index (χ2n) is 9.61. The molecule has 0 radical (unpaired) electrons. The number of urea groups is 1. The first-order valence-electron chi connectivity index (χ1n) is 11.6. The third-order valence-electron chi connectivity index (χ3n) is 6.72. The monoisotopic (exact) mass is 431 g/mol. The minimum atomic E-state index is -0.314. The van der Waals surface area contributed by atoms with Crippen LogP contribution in [0.25, 0.3) is 0 Å². The molecule has 31 heavy (non-hydrogen) atoms. The van der Waals surface area contributed by atoms with Crippen LogP contribution in [-0.2, 0) is 16.0 Å². The molecular formula is C24H34FN3O3. The van der Waals surface area contributed by atoms with Crippen molar-refractivity contribution in [2.75, 3.05) is 19.7 Å². The van der Waals surface area contributed by atoms with Gasteiger partial charge in [0.1, 0.15) is 5.82 Å². The molecule has 2 heterocycles. The number of carbonyl (C=O) groups is 2. The number of halogens is 1. The van der Waals surface area contributed by atoms with Gasteiger partial charge in [-0.2, -0.15) is 0 Å². The number of ether oxygens (including phenoxy) is 1. The average molecular weight is 432 g/mol. The Kier molecular flexibility index (Phi) is 6.51. The Morgan fingerprint density at radius 1 is 1.23 bits per heavy atom. The Balaban J connectivity index is 1.35. The summed E-state index contributed by atoms with van der Waals surface area (Å²) in [5.74, 6) is -0.282. The van der Waals surface area contributed by atoms with E-state index in [1.54, 1.807) is 12.1 Å². The molecule has 3 amide bonds. The van der Waals surface area contributed by atoms with Crippen LogP contribution in [0.5, 0.6) is 0 Å². The van der Waals surface area contributed by atoms with Gasteiger partial charge in [0.05, 0.1) is 12.0 Å². The van der Waals surface area contributed by atoms with Crippen molar-refractivity contribution >= 4 is 11.9 Å². The minimum absolute atomic E-state index is 0.0312. The van der Waals surface area contributed by atoms with Gasteiger partial charge in [-0.3, -0.25) is 4.79 Å². The number of benzene rings is 1. The molecule has 1 aromatic carbocycles. The van der Waals surface area contributed by atoms with E-state index in [9.17, 15) is 14.0 Å². The Labute approximate surface area is 184 Å². The van der Waals surface area contributed by atoms with Gasteiger partial charge >= 0.3 is 6.03 Å². The van der Waals surface area contributed by atoms with Gasteiger partial charge in [0.15, 0.2) is 0 Å². The number of hydrogen-bond donors (Lipinski definition) is 1. The number of carbonyl (C=O) groups excluding carboxylic acids is 2. The highest BCUT2D eigenvalue weighted by Gasteiger charge is 2.46. The second-order valence-corrected chi connectivity index (χ2v) is 9.61. The van der Waals surface area contributed by atoms with Crippen molar-refractivity contribution in [1.82, 2.24) is 15.1 Å². The Morgan fingerprint density at radius 3 is 2.61 bits per heavy atom. The Morgan fingerprint density at radius 2 is 1.97 bits per heavy atom. The lowest BCUT2D eigenvalue weighted by atomic mass is 9.81. The van der Waals surface area contributed by atoms with E-state index in [1.165, 1.54) is 12.1 Å². The van der Waals surface area contributed by atoms with Crippen molar-refractivity contribution in [1.29, 1.82) is 0 Å². The molecule has 0 aromatic heterocycles. The summed E-state index contributed by atoms with van der Waals surface area (Å²) >= 11 is 0. The molecule has 2 saturated heterocycles. The number of piperidine rings is 1. The molecule has 0 bridgehead atoms. The van der Waals surface area contributed by atoms with E-state index in [0.29, 0.717) is 31.3 Å². The molecule has 2 aliphatic heterocycles. The molecule has 170 valence electrons. The van der Waals surface area contributed by atoms with Crippen molar-refractivity contribution in [3.05, 3.63) is 35.6 Å².